The van der Waals surface area contributed by atoms with Gasteiger partial charge >= 0.3 is 0 Å². The molecule has 1 saturated carbocycles. The molecule has 0 aliphatic heterocycles. The van der Waals surface area contributed by atoms with E-state index in [-0.39, 0.29) is 0 Å². The maximum absolute atomic E-state index is 9.69. The van der Waals surface area contributed by atoms with Gasteiger partial charge in [0.15, 0.2) is 0 Å². The lowest BCUT2D eigenvalue weighted by atomic mass is 10.2. The van der Waals surface area contributed by atoms with E-state index in [0.717, 1.165) is 4.90 Å². The third kappa shape index (κ3) is 3.16. The summed E-state index contributed by atoms with van der Waals surface area (Å²) in [7, 11) is 0. The number of rotatable bonds is 2. The summed E-state index contributed by atoms with van der Waals surface area (Å²) in [6.45, 7) is 0. The molecule has 1 aromatic carbocycles. The molecule has 0 heterocycles. The van der Waals surface area contributed by atoms with Crippen LogP contribution in [0.1, 0.15) is 38.5 Å². The molecule has 82 valence electrons. The van der Waals surface area contributed by atoms with E-state index in [1.165, 1.54) is 38.5 Å². The van der Waals surface area contributed by atoms with Gasteiger partial charge in [0.1, 0.15) is 5.75 Å². The molecule has 1 N–H and O–H groups in total. The molecule has 15 heavy (non-hydrogen) atoms. The zero-order chi connectivity index (χ0) is 10.5. The minimum absolute atomic E-state index is 0.437. The van der Waals surface area contributed by atoms with Gasteiger partial charge in [0.25, 0.3) is 0 Å². The molecule has 0 bridgehead atoms. The first-order chi connectivity index (χ1) is 7.36. The van der Waals surface area contributed by atoms with Crippen molar-refractivity contribution in [1.29, 1.82) is 0 Å². The summed E-state index contributed by atoms with van der Waals surface area (Å²) in [5.74, 6) is 0.437. The van der Waals surface area contributed by atoms with Gasteiger partial charge in [0, 0.05) is 10.1 Å². The quantitative estimate of drug-likeness (QED) is 0.756. The van der Waals surface area contributed by atoms with E-state index >= 15 is 0 Å². The molecule has 2 heteroatoms. The maximum Gasteiger partial charge on any atom is 0.129 e. The lowest BCUT2D eigenvalue weighted by Crippen LogP contribution is -1.99. The fourth-order valence-corrected chi connectivity index (χ4v) is 3.37. The molecule has 0 saturated heterocycles. The summed E-state index contributed by atoms with van der Waals surface area (Å²) < 4.78 is 0. The molecule has 2 rings (SSSR count). The third-order valence-corrected chi connectivity index (χ3v) is 4.36. The first-order valence-electron chi connectivity index (χ1n) is 5.81. The van der Waals surface area contributed by atoms with Gasteiger partial charge in [-0.15, -0.1) is 11.8 Å². The Morgan fingerprint density at radius 3 is 2.33 bits per heavy atom. The van der Waals surface area contributed by atoms with Crippen molar-refractivity contribution < 1.29 is 5.11 Å². The fraction of sp³-hybridized carbons (Fsp3) is 0.538. The molecule has 1 aliphatic carbocycles. The van der Waals surface area contributed by atoms with Gasteiger partial charge in [-0.3, -0.25) is 0 Å². The van der Waals surface area contributed by atoms with Crippen LogP contribution in [0, 0.1) is 0 Å². The van der Waals surface area contributed by atoms with Crippen LogP contribution in [0.2, 0.25) is 0 Å². The molecular formula is C13H18OS. The fourth-order valence-electron chi connectivity index (χ4n) is 2.10. The van der Waals surface area contributed by atoms with Crippen LogP contribution in [-0.2, 0) is 0 Å². The Morgan fingerprint density at radius 1 is 1.00 bits per heavy atom. The van der Waals surface area contributed by atoms with E-state index in [4.69, 9.17) is 0 Å². The Labute approximate surface area is 95.9 Å². The summed E-state index contributed by atoms with van der Waals surface area (Å²) in [5, 5.41) is 10.4. The van der Waals surface area contributed by atoms with Crippen molar-refractivity contribution in [3.05, 3.63) is 24.3 Å². The Balaban J connectivity index is 1.98. The number of para-hydroxylation sites is 1. The summed E-state index contributed by atoms with van der Waals surface area (Å²) in [6.07, 6.45) is 8.09. The van der Waals surface area contributed by atoms with E-state index in [9.17, 15) is 5.11 Å². The van der Waals surface area contributed by atoms with Crippen molar-refractivity contribution in [3.63, 3.8) is 0 Å². The predicted molar refractivity (Wildman–Crippen MR) is 65.5 cm³/mol. The van der Waals surface area contributed by atoms with Crippen LogP contribution in [0.5, 0.6) is 5.75 Å². The Hall–Kier alpha value is -0.630. The molecule has 1 aromatic rings. The zero-order valence-corrected chi connectivity index (χ0v) is 9.80. The molecule has 0 amide bonds. The SMILES string of the molecule is Oc1ccccc1SC1CCCCCC1. The first kappa shape index (κ1) is 10.9. The lowest BCUT2D eigenvalue weighted by molar-refractivity contribution is 0.462. The van der Waals surface area contributed by atoms with Crippen LogP contribution in [0.15, 0.2) is 29.2 Å². The summed E-state index contributed by atoms with van der Waals surface area (Å²) in [5.41, 5.74) is 0. The molecule has 0 unspecified atom stereocenters. The Morgan fingerprint density at radius 2 is 1.67 bits per heavy atom. The summed E-state index contributed by atoms with van der Waals surface area (Å²) in [6, 6.07) is 7.68. The standard InChI is InChI=1S/C13H18OS/c14-12-9-5-6-10-13(12)15-11-7-3-1-2-4-8-11/h5-6,9-11,14H,1-4,7-8H2. The average Bonchev–Trinajstić information content (AvgIpc) is 2.50. The van der Waals surface area contributed by atoms with Gasteiger partial charge in [-0.25, -0.2) is 0 Å². The Kier molecular flexibility index (Phi) is 3.95. The molecule has 0 aromatic heterocycles. The van der Waals surface area contributed by atoms with Gasteiger partial charge in [0.2, 0.25) is 0 Å². The van der Waals surface area contributed by atoms with Crippen LogP contribution >= 0.6 is 11.8 Å². The van der Waals surface area contributed by atoms with Crippen molar-refractivity contribution >= 4 is 11.8 Å². The van der Waals surface area contributed by atoms with Gasteiger partial charge in [-0.1, -0.05) is 37.8 Å². The number of phenolic OH excluding ortho intramolecular Hbond substituents is 1. The van der Waals surface area contributed by atoms with Crippen molar-refractivity contribution in [3.8, 4) is 5.75 Å². The van der Waals surface area contributed by atoms with Crippen LogP contribution in [0.25, 0.3) is 0 Å². The number of phenols is 1. The first-order valence-corrected chi connectivity index (χ1v) is 6.69. The largest absolute Gasteiger partial charge is 0.507 e. The highest BCUT2D eigenvalue weighted by Crippen LogP contribution is 2.36. The van der Waals surface area contributed by atoms with Crippen LogP contribution in [0.3, 0.4) is 0 Å². The van der Waals surface area contributed by atoms with E-state index < -0.39 is 0 Å². The molecule has 0 radical (unpaired) electrons. The maximum atomic E-state index is 9.69. The second kappa shape index (κ2) is 5.45. The van der Waals surface area contributed by atoms with Gasteiger partial charge in [-0.05, 0) is 25.0 Å². The second-order valence-electron chi connectivity index (χ2n) is 4.20. The Bertz CT molecular complexity index is 303. The molecule has 1 fully saturated rings. The highest BCUT2D eigenvalue weighted by atomic mass is 32.2. The van der Waals surface area contributed by atoms with Crippen LogP contribution < -0.4 is 0 Å². The second-order valence-corrected chi connectivity index (χ2v) is 5.54. The van der Waals surface area contributed by atoms with Crippen molar-refractivity contribution in [2.45, 2.75) is 48.7 Å². The number of aromatic hydroxyl groups is 1. The predicted octanol–water partition coefficient (Wildman–Crippen LogP) is 4.21. The molecular weight excluding hydrogens is 204 g/mol. The number of hydrogen-bond acceptors (Lipinski definition) is 2. The highest BCUT2D eigenvalue weighted by molar-refractivity contribution is 8.00. The summed E-state index contributed by atoms with van der Waals surface area (Å²) >= 11 is 1.85. The van der Waals surface area contributed by atoms with E-state index in [2.05, 4.69) is 0 Å². The third-order valence-electron chi connectivity index (χ3n) is 2.96. The van der Waals surface area contributed by atoms with Crippen LogP contribution in [-0.4, -0.2) is 10.4 Å². The molecule has 1 nitrogen and oxygen atoms in total. The van der Waals surface area contributed by atoms with Gasteiger partial charge in [-0.2, -0.15) is 0 Å². The molecule has 0 spiro atoms. The van der Waals surface area contributed by atoms with E-state index in [1.54, 1.807) is 6.07 Å². The topological polar surface area (TPSA) is 20.2 Å². The van der Waals surface area contributed by atoms with E-state index in [0.29, 0.717) is 11.0 Å². The minimum Gasteiger partial charge on any atom is -0.507 e. The number of benzene rings is 1. The monoisotopic (exact) mass is 222 g/mol. The van der Waals surface area contributed by atoms with E-state index in [1.807, 2.05) is 30.0 Å². The zero-order valence-electron chi connectivity index (χ0n) is 8.98. The van der Waals surface area contributed by atoms with Gasteiger partial charge < -0.3 is 5.11 Å². The normalized spacial score (nSPS) is 18.7. The minimum atomic E-state index is 0.437. The van der Waals surface area contributed by atoms with Crippen molar-refractivity contribution in [1.82, 2.24) is 0 Å². The number of hydrogen-bond donors (Lipinski definition) is 1. The molecule has 0 atom stereocenters. The number of thioether (sulfide) groups is 1. The lowest BCUT2D eigenvalue weighted by Gasteiger charge is -2.13. The van der Waals surface area contributed by atoms with Gasteiger partial charge in [0.05, 0.1) is 0 Å². The van der Waals surface area contributed by atoms with Crippen molar-refractivity contribution in [2.24, 2.45) is 0 Å². The average molecular weight is 222 g/mol. The summed E-state index contributed by atoms with van der Waals surface area (Å²) in [4.78, 5) is 1.05. The highest BCUT2D eigenvalue weighted by Gasteiger charge is 2.14. The smallest absolute Gasteiger partial charge is 0.129 e. The van der Waals surface area contributed by atoms with Crippen LogP contribution in [0.4, 0.5) is 0 Å². The van der Waals surface area contributed by atoms with Crippen molar-refractivity contribution in [2.75, 3.05) is 0 Å². The molecule has 1 aliphatic rings.